The zero-order valence-electron chi connectivity index (χ0n) is 13.3. The lowest BCUT2D eigenvalue weighted by atomic mass is 9.85. The first-order chi connectivity index (χ1) is 9.59. The fraction of sp³-hybridized carbons (Fsp3) is 0.933. The zero-order valence-corrected chi connectivity index (χ0v) is 13.3. The van der Waals surface area contributed by atoms with E-state index < -0.39 is 0 Å². The molecule has 0 radical (unpaired) electrons. The largest absolute Gasteiger partial charge is 0.378 e. The summed E-state index contributed by atoms with van der Waals surface area (Å²) in [6.07, 6.45) is 3.11. The van der Waals surface area contributed by atoms with E-state index in [1.165, 1.54) is 12.8 Å². The van der Waals surface area contributed by atoms with Crippen molar-refractivity contribution in [3.05, 3.63) is 0 Å². The molecule has 20 heavy (non-hydrogen) atoms. The van der Waals surface area contributed by atoms with Gasteiger partial charge in [-0.2, -0.15) is 0 Å². The Kier molecular flexibility index (Phi) is 8.82. The van der Waals surface area contributed by atoms with Gasteiger partial charge in [-0.1, -0.05) is 6.92 Å². The van der Waals surface area contributed by atoms with E-state index in [0.717, 1.165) is 19.6 Å². The quantitative estimate of drug-likeness (QED) is 0.613. The summed E-state index contributed by atoms with van der Waals surface area (Å²) in [6.45, 7) is 7.21. The summed E-state index contributed by atoms with van der Waals surface area (Å²) >= 11 is 0. The highest BCUT2D eigenvalue weighted by Gasteiger charge is 2.21. The van der Waals surface area contributed by atoms with Gasteiger partial charge in [-0.25, -0.2) is 0 Å². The number of amides is 1. The molecule has 1 saturated heterocycles. The molecule has 1 fully saturated rings. The molecule has 1 rings (SSSR count). The van der Waals surface area contributed by atoms with Crippen LogP contribution >= 0.6 is 0 Å². The Morgan fingerprint density at radius 3 is 2.90 bits per heavy atom. The SMILES string of the molecule is CC(CC(=O)NCCOCCN(C)C)C1CCCNC1. The normalized spacial score (nSPS) is 20.9. The highest BCUT2D eigenvalue weighted by atomic mass is 16.5. The van der Waals surface area contributed by atoms with Crippen molar-refractivity contribution < 1.29 is 9.53 Å². The molecule has 0 aliphatic carbocycles. The maximum absolute atomic E-state index is 11.8. The molecule has 1 amide bonds. The number of piperidine rings is 1. The number of hydrogen-bond donors (Lipinski definition) is 2. The Morgan fingerprint density at radius 2 is 2.25 bits per heavy atom. The van der Waals surface area contributed by atoms with Crippen LogP contribution in [0.4, 0.5) is 0 Å². The first-order valence-corrected chi connectivity index (χ1v) is 7.79. The van der Waals surface area contributed by atoms with Gasteiger partial charge in [0.25, 0.3) is 0 Å². The van der Waals surface area contributed by atoms with Gasteiger partial charge in [0.1, 0.15) is 0 Å². The predicted molar refractivity (Wildman–Crippen MR) is 81.8 cm³/mol. The molecular formula is C15H31N3O2. The lowest BCUT2D eigenvalue weighted by molar-refractivity contribution is -0.122. The van der Waals surface area contributed by atoms with Gasteiger partial charge in [-0.15, -0.1) is 0 Å². The molecule has 5 heteroatoms. The summed E-state index contributed by atoms with van der Waals surface area (Å²) in [4.78, 5) is 13.9. The Labute approximate surface area is 123 Å². The second-order valence-electron chi connectivity index (χ2n) is 6.05. The molecule has 0 aromatic rings. The van der Waals surface area contributed by atoms with Gasteiger partial charge < -0.3 is 20.3 Å². The van der Waals surface area contributed by atoms with Gasteiger partial charge in [-0.05, 0) is 51.9 Å². The van der Waals surface area contributed by atoms with Crippen LogP contribution < -0.4 is 10.6 Å². The summed E-state index contributed by atoms with van der Waals surface area (Å²) in [5.74, 6) is 1.25. The van der Waals surface area contributed by atoms with Crippen LogP contribution in [0.3, 0.4) is 0 Å². The predicted octanol–water partition coefficient (Wildman–Crippen LogP) is 0.707. The van der Waals surface area contributed by atoms with Crippen LogP contribution in [0.1, 0.15) is 26.2 Å². The zero-order chi connectivity index (χ0) is 14.8. The molecule has 1 aliphatic rings. The third-order valence-corrected chi connectivity index (χ3v) is 3.90. The van der Waals surface area contributed by atoms with Crippen molar-refractivity contribution in [2.45, 2.75) is 26.2 Å². The molecule has 1 aliphatic heterocycles. The lowest BCUT2D eigenvalue weighted by Gasteiger charge is -2.28. The van der Waals surface area contributed by atoms with Crippen LogP contribution in [-0.4, -0.2) is 64.3 Å². The van der Waals surface area contributed by atoms with E-state index in [2.05, 4.69) is 22.5 Å². The first kappa shape index (κ1) is 17.4. The fourth-order valence-electron chi connectivity index (χ4n) is 2.51. The van der Waals surface area contributed by atoms with Crippen LogP contribution in [0.15, 0.2) is 0 Å². The van der Waals surface area contributed by atoms with E-state index in [-0.39, 0.29) is 5.91 Å². The van der Waals surface area contributed by atoms with Gasteiger partial charge in [0.15, 0.2) is 0 Å². The maximum atomic E-state index is 11.8. The van der Waals surface area contributed by atoms with Gasteiger partial charge in [0.05, 0.1) is 13.2 Å². The van der Waals surface area contributed by atoms with E-state index in [0.29, 0.717) is 38.0 Å². The number of carbonyl (C=O) groups excluding carboxylic acids is 1. The first-order valence-electron chi connectivity index (χ1n) is 7.79. The summed E-state index contributed by atoms with van der Waals surface area (Å²) in [5, 5.41) is 6.35. The van der Waals surface area contributed by atoms with Crippen LogP contribution in [0.25, 0.3) is 0 Å². The Hall–Kier alpha value is -0.650. The third-order valence-electron chi connectivity index (χ3n) is 3.90. The number of nitrogens with one attached hydrogen (secondary N) is 2. The van der Waals surface area contributed by atoms with E-state index in [1.807, 2.05) is 14.1 Å². The summed E-state index contributed by atoms with van der Waals surface area (Å²) in [7, 11) is 4.04. The van der Waals surface area contributed by atoms with E-state index >= 15 is 0 Å². The monoisotopic (exact) mass is 285 g/mol. The van der Waals surface area contributed by atoms with Crippen molar-refractivity contribution >= 4 is 5.91 Å². The number of likely N-dealkylation sites (N-methyl/N-ethyl adjacent to an activating group) is 1. The Balaban J connectivity index is 2.01. The van der Waals surface area contributed by atoms with Crippen molar-refractivity contribution in [2.75, 3.05) is 53.5 Å². The average Bonchev–Trinajstić information content (AvgIpc) is 2.43. The minimum absolute atomic E-state index is 0.152. The second kappa shape index (κ2) is 10.1. The summed E-state index contributed by atoms with van der Waals surface area (Å²) < 4.78 is 5.45. The topological polar surface area (TPSA) is 53.6 Å². The van der Waals surface area contributed by atoms with E-state index in [4.69, 9.17) is 4.74 Å². The number of rotatable bonds is 9. The molecule has 2 N–H and O–H groups in total. The van der Waals surface area contributed by atoms with E-state index in [1.54, 1.807) is 0 Å². The standard InChI is InChI=1S/C15H31N3O2/c1-13(14-5-4-6-16-12-14)11-15(19)17-7-9-20-10-8-18(2)3/h13-14,16H,4-12H2,1-3H3,(H,17,19). The van der Waals surface area contributed by atoms with Gasteiger partial charge in [0.2, 0.25) is 5.91 Å². The van der Waals surface area contributed by atoms with Crippen molar-refractivity contribution in [1.82, 2.24) is 15.5 Å². The molecular weight excluding hydrogens is 254 g/mol. The minimum atomic E-state index is 0.152. The highest BCUT2D eigenvalue weighted by molar-refractivity contribution is 5.76. The fourth-order valence-corrected chi connectivity index (χ4v) is 2.51. The van der Waals surface area contributed by atoms with E-state index in [9.17, 15) is 4.79 Å². The number of ether oxygens (including phenoxy) is 1. The van der Waals surface area contributed by atoms with Crippen molar-refractivity contribution in [3.63, 3.8) is 0 Å². The molecule has 2 atom stereocenters. The average molecular weight is 285 g/mol. The molecule has 0 spiro atoms. The van der Waals surface area contributed by atoms with Crippen LogP contribution in [0, 0.1) is 11.8 Å². The minimum Gasteiger partial charge on any atom is -0.378 e. The van der Waals surface area contributed by atoms with Gasteiger partial charge in [0, 0.05) is 19.5 Å². The smallest absolute Gasteiger partial charge is 0.220 e. The third kappa shape index (κ3) is 7.82. The molecule has 2 unspecified atom stereocenters. The van der Waals surface area contributed by atoms with Crippen LogP contribution in [-0.2, 0) is 9.53 Å². The van der Waals surface area contributed by atoms with Gasteiger partial charge in [-0.3, -0.25) is 4.79 Å². The molecule has 118 valence electrons. The Morgan fingerprint density at radius 1 is 1.45 bits per heavy atom. The maximum Gasteiger partial charge on any atom is 0.220 e. The number of carbonyl (C=O) groups is 1. The van der Waals surface area contributed by atoms with Crippen LogP contribution in [0.5, 0.6) is 0 Å². The van der Waals surface area contributed by atoms with Crippen molar-refractivity contribution in [2.24, 2.45) is 11.8 Å². The lowest BCUT2D eigenvalue weighted by Crippen LogP contribution is -2.36. The summed E-state index contributed by atoms with van der Waals surface area (Å²) in [5.41, 5.74) is 0. The molecule has 5 nitrogen and oxygen atoms in total. The molecule has 0 bridgehead atoms. The Bertz CT molecular complexity index is 266. The van der Waals surface area contributed by atoms with Crippen LogP contribution in [0.2, 0.25) is 0 Å². The molecule has 0 aromatic heterocycles. The highest BCUT2D eigenvalue weighted by Crippen LogP contribution is 2.22. The van der Waals surface area contributed by atoms with Crippen molar-refractivity contribution in [3.8, 4) is 0 Å². The summed E-state index contributed by atoms with van der Waals surface area (Å²) in [6, 6.07) is 0. The second-order valence-corrected chi connectivity index (χ2v) is 6.05. The molecule has 0 aromatic carbocycles. The van der Waals surface area contributed by atoms with Gasteiger partial charge >= 0.3 is 0 Å². The van der Waals surface area contributed by atoms with Crippen molar-refractivity contribution in [1.29, 1.82) is 0 Å². The molecule has 0 saturated carbocycles. The molecule has 1 heterocycles. The number of hydrogen-bond acceptors (Lipinski definition) is 4. The number of nitrogens with zero attached hydrogens (tertiary/aromatic N) is 1.